The zero-order valence-corrected chi connectivity index (χ0v) is 9.30. The molecular weight excluding hydrogens is 170 g/mol. The number of benzene rings is 1. The molecule has 0 bridgehead atoms. The Hall–Kier alpha value is -0.820. The van der Waals surface area contributed by atoms with Crippen LogP contribution in [0.3, 0.4) is 0 Å². The topological polar surface area (TPSA) is 12.0 Å². The van der Waals surface area contributed by atoms with E-state index in [1.165, 1.54) is 29.7 Å². The zero-order chi connectivity index (χ0) is 10.1. The number of hydrogen-bond acceptors (Lipinski definition) is 1. The number of nitrogens with one attached hydrogen (secondary N) is 1. The van der Waals surface area contributed by atoms with Crippen LogP contribution < -0.4 is 5.32 Å². The van der Waals surface area contributed by atoms with E-state index in [9.17, 15) is 0 Å². The fourth-order valence-corrected chi connectivity index (χ4v) is 2.24. The van der Waals surface area contributed by atoms with E-state index in [4.69, 9.17) is 0 Å². The van der Waals surface area contributed by atoms with E-state index in [1.807, 2.05) is 0 Å². The summed E-state index contributed by atoms with van der Waals surface area (Å²) >= 11 is 0. The first-order valence-electron chi connectivity index (χ1n) is 5.49. The largest absolute Gasteiger partial charge is 0.310 e. The van der Waals surface area contributed by atoms with E-state index < -0.39 is 0 Å². The van der Waals surface area contributed by atoms with E-state index >= 15 is 0 Å². The fourth-order valence-electron chi connectivity index (χ4n) is 2.24. The van der Waals surface area contributed by atoms with Crippen molar-refractivity contribution in [3.63, 3.8) is 0 Å². The second kappa shape index (κ2) is 3.74. The Morgan fingerprint density at radius 2 is 2.00 bits per heavy atom. The van der Waals surface area contributed by atoms with Crippen LogP contribution in [0.5, 0.6) is 0 Å². The van der Waals surface area contributed by atoms with Gasteiger partial charge in [-0.25, -0.2) is 0 Å². The summed E-state index contributed by atoms with van der Waals surface area (Å²) in [6.07, 6.45) is 1.30. The van der Waals surface area contributed by atoms with E-state index in [-0.39, 0.29) is 0 Å². The van der Waals surface area contributed by atoms with Crippen molar-refractivity contribution in [3.05, 3.63) is 34.9 Å². The first-order chi connectivity index (χ1) is 6.68. The van der Waals surface area contributed by atoms with Crippen molar-refractivity contribution in [3.8, 4) is 0 Å². The molecule has 14 heavy (non-hydrogen) atoms. The van der Waals surface area contributed by atoms with Crippen LogP contribution in [-0.4, -0.2) is 6.54 Å². The van der Waals surface area contributed by atoms with E-state index in [2.05, 4.69) is 44.3 Å². The molecule has 1 N–H and O–H groups in total. The highest BCUT2D eigenvalue weighted by Gasteiger charge is 2.23. The maximum Gasteiger partial charge on any atom is 0.0346 e. The van der Waals surface area contributed by atoms with Crippen molar-refractivity contribution in [2.45, 2.75) is 33.2 Å². The SMILES string of the molecule is Cc1ccc(C2NCCC2C)cc1C. The predicted octanol–water partition coefficient (Wildman–Crippen LogP) is 2.97. The smallest absolute Gasteiger partial charge is 0.0346 e. The normalized spacial score (nSPS) is 26.8. The summed E-state index contributed by atoms with van der Waals surface area (Å²) in [5, 5.41) is 3.57. The highest BCUT2D eigenvalue weighted by molar-refractivity contribution is 5.32. The van der Waals surface area contributed by atoms with Gasteiger partial charge in [-0.1, -0.05) is 25.1 Å². The van der Waals surface area contributed by atoms with Crippen molar-refractivity contribution in [1.82, 2.24) is 5.32 Å². The van der Waals surface area contributed by atoms with Gasteiger partial charge in [-0.05, 0) is 49.4 Å². The van der Waals surface area contributed by atoms with Crippen molar-refractivity contribution < 1.29 is 0 Å². The van der Waals surface area contributed by atoms with E-state index in [1.54, 1.807) is 0 Å². The molecule has 0 spiro atoms. The van der Waals surface area contributed by atoms with Gasteiger partial charge in [-0.3, -0.25) is 0 Å². The lowest BCUT2D eigenvalue weighted by Gasteiger charge is -2.17. The minimum absolute atomic E-state index is 0.578. The summed E-state index contributed by atoms with van der Waals surface area (Å²) < 4.78 is 0. The quantitative estimate of drug-likeness (QED) is 0.716. The summed E-state index contributed by atoms with van der Waals surface area (Å²) in [5.74, 6) is 0.775. The molecule has 1 saturated heterocycles. The molecule has 2 rings (SSSR count). The highest BCUT2D eigenvalue weighted by Crippen LogP contribution is 2.29. The third-order valence-electron chi connectivity index (χ3n) is 3.42. The van der Waals surface area contributed by atoms with Crippen LogP contribution >= 0.6 is 0 Å². The number of aryl methyl sites for hydroxylation is 2. The summed E-state index contributed by atoms with van der Waals surface area (Å²) in [4.78, 5) is 0. The monoisotopic (exact) mass is 189 g/mol. The first-order valence-corrected chi connectivity index (χ1v) is 5.49. The van der Waals surface area contributed by atoms with Gasteiger partial charge in [0, 0.05) is 6.04 Å². The van der Waals surface area contributed by atoms with Gasteiger partial charge in [-0.2, -0.15) is 0 Å². The molecule has 76 valence electrons. The van der Waals surface area contributed by atoms with Crippen LogP contribution in [0.1, 0.15) is 36.1 Å². The van der Waals surface area contributed by atoms with E-state index in [0.717, 1.165) is 5.92 Å². The van der Waals surface area contributed by atoms with E-state index in [0.29, 0.717) is 6.04 Å². The maximum atomic E-state index is 3.57. The van der Waals surface area contributed by atoms with Crippen molar-refractivity contribution in [2.75, 3.05) is 6.54 Å². The van der Waals surface area contributed by atoms with Gasteiger partial charge in [0.2, 0.25) is 0 Å². The maximum absolute atomic E-state index is 3.57. The summed E-state index contributed by atoms with van der Waals surface area (Å²) in [5.41, 5.74) is 4.25. The lowest BCUT2D eigenvalue weighted by atomic mass is 9.94. The molecule has 1 aliphatic heterocycles. The van der Waals surface area contributed by atoms with Crippen LogP contribution in [0.25, 0.3) is 0 Å². The van der Waals surface area contributed by atoms with Gasteiger partial charge in [0.1, 0.15) is 0 Å². The molecule has 1 heterocycles. The Morgan fingerprint density at radius 1 is 1.21 bits per heavy atom. The molecule has 1 nitrogen and oxygen atoms in total. The van der Waals surface area contributed by atoms with Gasteiger partial charge in [0.15, 0.2) is 0 Å². The van der Waals surface area contributed by atoms with Gasteiger partial charge < -0.3 is 5.32 Å². The average Bonchev–Trinajstić information content (AvgIpc) is 2.57. The van der Waals surface area contributed by atoms with Crippen molar-refractivity contribution in [2.24, 2.45) is 5.92 Å². The fraction of sp³-hybridized carbons (Fsp3) is 0.538. The van der Waals surface area contributed by atoms with Crippen LogP contribution in [-0.2, 0) is 0 Å². The standard InChI is InChI=1S/C13H19N/c1-9-4-5-12(8-11(9)3)13-10(2)6-7-14-13/h4-5,8,10,13-14H,6-7H2,1-3H3. The summed E-state index contributed by atoms with van der Waals surface area (Å²) in [7, 11) is 0. The van der Waals surface area contributed by atoms with Crippen molar-refractivity contribution >= 4 is 0 Å². The van der Waals surface area contributed by atoms with Gasteiger partial charge in [-0.15, -0.1) is 0 Å². The van der Waals surface area contributed by atoms with Gasteiger partial charge in [0.25, 0.3) is 0 Å². The summed E-state index contributed by atoms with van der Waals surface area (Å²) in [6, 6.07) is 7.41. The molecule has 0 amide bonds. The first kappa shape index (κ1) is 9.72. The molecule has 1 heteroatoms. The lowest BCUT2D eigenvalue weighted by molar-refractivity contribution is 0.503. The average molecular weight is 189 g/mol. The zero-order valence-electron chi connectivity index (χ0n) is 9.30. The van der Waals surface area contributed by atoms with Crippen molar-refractivity contribution in [1.29, 1.82) is 0 Å². The van der Waals surface area contributed by atoms with Crippen LogP contribution in [0.2, 0.25) is 0 Å². The lowest BCUT2D eigenvalue weighted by Crippen LogP contribution is -2.16. The molecule has 0 saturated carbocycles. The second-order valence-electron chi connectivity index (χ2n) is 4.54. The molecule has 1 aromatic rings. The molecule has 0 aromatic heterocycles. The number of hydrogen-bond donors (Lipinski definition) is 1. The Labute approximate surface area is 86.5 Å². The third kappa shape index (κ3) is 1.69. The van der Waals surface area contributed by atoms with Gasteiger partial charge in [0.05, 0.1) is 0 Å². The minimum atomic E-state index is 0.578. The van der Waals surface area contributed by atoms with Crippen LogP contribution in [0.4, 0.5) is 0 Å². The minimum Gasteiger partial charge on any atom is -0.310 e. The number of rotatable bonds is 1. The molecular formula is C13H19N. The summed E-state index contributed by atoms with van der Waals surface area (Å²) in [6.45, 7) is 7.86. The Balaban J connectivity index is 2.28. The molecule has 1 aliphatic rings. The highest BCUT2D eigenvalue weighted by atomic mass is 14.9. The third-order valence-corrected chi connectivity index (χ3v) is 3.42. The molecule has 0 radical (unpaired) electrons. The predicted molar refractivity (Wildman–Crippen MR) is 60.4 cm³/mol. The molecule has 2 atom stereocenters. The van der Waals surface area contributed by atoms with Crippen LogP contribution in [0.15, 0.2) is 18.2 Å². The second-order valence-corrected chi connectivity index (χ2v) is 4.54. The Bertz CT molecular complexity index is 330. The molecule has 1 aromatic carbocycles. The van der Waals surface area contributed by atoms with Crippen LogP contribution in [0, 0.1) is 19.8 Å². The van der Waals surface area contributed by atoms with Gasteiger partial charge >= 0.3 is 0 Å². The Kier molecular flexibility index (Phi) is 2.60. The molecule has 0 aliphatic carbocycles. The Morgan fingerprint density at radius 3 is 2.57 bits per heavy atom. The molecule has 1 fully saturated rings. The molecule has 2 unspecified atom stereocenters.